The lowest BCUT2D eigenvalue weighted by Gasteiger charge is -2.32. The molecule has 0 saturated carbocycles. The topological polar surface area (TPSA) is 57.1 Å². The molecule has 2 rings (SSSR count). The second kappa shape index (κ2) is 9.78. The summed E-state index contributed by atoms with van der Waals surface area (Å²) in [4.78, 5) is 6.74. The zero-order valence-electron chi connectivity index (χ0n) is 14.9. The minimum absolute atomic E-state index is 0.0822. The maximum atomic E-state index is 12.2. The minimum atomic E-state index is -4.31. The van der Waals surface area contributed by atoms with Crippen LogP contribution in [0.5, 0.6) is 0 Å². The van der Waals surface area contributed by atoms with Crippen LogP contribution in [0.1, 0.15) is 30.9 Å². The second-order valence-electron chi connectivity index (χ2n) is 6.32. The fourth-order valence-corrected chi connectivity index (χ4v) is 2.77. The van der Waals surface area contributed by atoms with Crippen molar-refractivity contribution in [3.63, 3.8) is 0 Å². The van der Waals surface area contributed by atoms with Gasteiger partial charge in [-0.25, -0.2) is 4.99 Å². The zero-order chi connectivity index (χ0) is 19.0. The molecule has 8 heteroatoms. The number of benzene rings is 1. The predicted molar refractivity (Wildman–Crippen MR) is 93.8 cm³/mol. The number of nitrogens with one attached hydrogen (secondary N) is 1. The highest BCUT2D eigenvalue weighted by atomic mass is 19.4. The molecule has 1 aromatic carbocycles. The summed E-state index contributed by atoms with van der Waals surface area (Å²) in [6.45, 7) is 3.32. The van der Waals surface area contributed by atoms with Gasteiger partial charge in [0.05, 0.1) is 19.3 Å². The molecule has 1 fully saturated rings. The van der Waals surface area contributed by atoms with E-state index < -0.39 is 12.8 Å². The first-order valence-electron chi connectivity index (χ1n) is 8.81. The number of aliphatic hydroxyl groups is 1. The van der Waals surface area contributed by atoms with Crippen LogP contribution in [0.25, 0.3) is 0 Å². The summed E-state index contributed by atoms with van der Waals surface area (Å²) in [5.41, 5.74) is 1.60. The summed E-state index contributed by atoms with van der Waals surface area (Å²) in [7, 11) is 0. The average molecular weight is 373 g/mol. The molecule has 0 unspecified atom stereocenters. The summed E-state index contributed by atoms with van der Waals surface area (Å²) in [6.07, 6.45) is -3.13. The Labute approximate surface area is 151 Å². The highest BCUT2D eigenvalue weighted by Gasteiger charge is 2.27. The van der Waals surface area contributed by atoms with Crippen LogP contribution >= 0.6 is 0 Å². The summed E-state index contributed by atoms with van der Waals surface area (Å²) in [6, 6.07) is 7.23. The van der Waals surface area contributed by atoms with E-state index in [4.69, 9.17) is 4.74 Å². The van der Waals surface area contributed by atoms with Crippen molar-refractivity contribution in [1.82, 2.24) is 10.2 Å². The Morgan fingerprint density at radius 3 is 2.65 bits per heavy atom. The highest BCUT2D eigenvalue weighted by Crippen LogP contribution is 2.16. The number of halogens is 3. The molecule has 1 aromatic rings. The van der Waals surface area contributed by atoms with Gasteiger partial charge in [0.25, 0.3) is 0 Å². The molecule has 146 valence electrons. The fraction of sp³-hybridized carbons (Fsp3) is 0.611. The summed E-state index contributed by atoms with van der Waals surface area (Å²) < 4.78 is 41.2. The third-order valence-electron chi connectivity index (χ3n) is 4.04. The summed E-state index contributed by atoms with van der Waals surface area (Å²) in [5, 5.41) is 12.9. The van der Waals surface area contributed by atoms with Gasteiger partial charge >= 0.3 is 6.18 Å². The first-order valence-corrected chi connectivity index (χ1v) is 8.81. The van der Waals surface area contributed by atoms with Gasteiger partial charge in [-0.2, -0.15) is 13.2 Å². The van der Waals surface area contributed by atoms with Crippen LogP contribution in [0.3, 0.4) is 0 Å². The van der Waals surface area contributed by atoms with Crippen molar-refractivity contribution in [1.29, 1.82) is 0 Å². The van der Waals surface area contributed by atoms with Crippen molar-refractivity contribution in [3.8, 4) is 0 Å². The number of hydrogen-bond donors (Lipinski definition) is 2. The molecule has 1 saturated heterocycles. The number of likely N-dealkylation sites (tertiary alicyclic amines) is 1. The quantitative estimate of drug-likeness (QED) is 0.595. The van der Waals surface area contributed by atoms with E-state index in [1.165, 1.54) is 0 Å². The smallest absolute Gasteiger partial charge is 0.393 e. The van der Waals surface area contributed by atoms with Crippen molar-refractivity contribution >= 4 is 5.96 Å². The standard InChI is InChI=1S/C18H26F3N3O2/c1-2-22-17(24-8-6-16(25)7-9-24)23-11-14-4-3-5-15(10-14)12-26-13-18(19,20)21/h3-5,10,16,25H,2,6-9,11-13H2,1H3,(H,22,23). The van der Waals surface area contributed by atoms with Crippen LogP contribution < -0.4 is 5.32 Å². The molecule has 1 aliphatic heterocycles. The van der Waals surface area contributed by atoms with E-state index in [0.29, 0.717) is 12.1 Å². The van der Waals surface area contributed by atoms with Gasteiger partial charge in [0.1, 0.15) is 6.61 Å². The lowest BCUT2D eigenvalue weighted by atomic mass is 10.1. The summed E-state index contributed by atoms with van der Waals surface area (Å²) in [5.74, 6) is 0.790. The first-order chi connectivity index (χ1) is 12.4. The number of alkyl halides is 3. The van der Waals surface area contributed by atoms with Crippen LogP contribution in [-0.2, 0) is 17.9 Å². The molecule has 0 atom stereocenters. The minimum Gasteiger partial charge on any atom is -0.393 e. The van der Waals surface area contributed by atoms with E-state index >= 15 is 0 Å². The highest BCUT2D eigenvalue weighted by molar-refractivity contribution is 5.80. The molecular formula is C18H26F3N3O2. The molecule has 5 nitrogen and oxygen atoms in total. The van der Waals surface area contributed by atoms with Gasteiger partial charge in [-0.3, -0.25) is 0 Å². The predicted octanol–water partition coefficient (Wildman–Crippen LogP) is 2.69. The lowest BCUT2D eigenvalue weighted by Crippen LogP contribution is -2.46. The molecule has 2 N–H and O–H groups in total. The van der Waals surface area contributed by atoms with Gasteiger partial charge in [-0.1, -0.05) is 24.3 Å². The van der Waals surface area contributed by atoms with E-state index in [1.54, 1.807) is 12.1 Å². The van der Waals surface area contributed by atoms with Crippen molar-refractivity contribution in [2.75, 3.05) is 26.2 Å². The fourth-order valence-electron chi connectivity index (χ4n) is 2.77. The van der Waals surface area contributed by atoms with E-state index in [2.05, 4.69) is 15.2 Å². The molecule has 0 radical (unpaired) electrons. The van der Waals surface area contributed by atoms with Gasteiger partial charge in [0, 0.05) is 19.6 Å². The van der Waals surface area contributed by atoms with Crippen LogP contribution in [0, 0.1) is 0 Å². The Bertz CT molecular complexity index is 585. The van der Waals surface area contributed by atoms with Crippen LogP contribution in [0.2, 0.25) is 0 Å². The third kappa shape index (κ3) is 7.21. The largest absolute Gasteiger partial charge is 0.411 e. The first kappa shape index (κ1) is 20.5. The SMILES string of the molecule is CCNC(=NCc1cccc(COCC(F)(F)F)c1)N1CCC(O)CC1. The molecule has 0 aliphatic carbocycles. The van der Waals surface area contributed by atoms with Gasteiger partial charge in [0.15, 0.2) is 5.96 Å². The molecule has 1 aliphatic rings. The average Bonchev–Trinajstić information content (AvgIpc) is 2.59. The number of ether oxygens (including phenoxy) is 1. The van der Waals surface area contributed by atoms with Crippen LogP contribution in [0.4, 0.5) is 13.2 Å². The number of guanidine groups is 1. The Morgan fingerprint density at radius 1 is 1.31 bits per heavy atom. The zero-order valence-corrected chi connectivity index (χ0v) is 14.9. The molecule has 26 heavy (non-hydrogen) atoms. The lowest BCUT2D eigenvalue weighted by molar-refractivity contribution is -0.176. The monoisotopic (exact) mass is 373 g/mol. The van der Waals surface area contributed by atoms with Gasteiger partial charge in [-0.05, 0) is 30.9 Å². The third-order valence-corrected chi connectivity index (χ3v) is 4.04. The number of aliphatic imine (C=N–C) groups is 1. The van der Waals surface area contributed by atoms with E-state index in [-0.39, 0.29) is 12.7 Å². The van der Waals surface area contributed by atoms with E-state index in [1.807, 2.05) is 19.1 Å². The summed E-state index contributed by atoms with van der Waals surface area (Å²) >= 11 is 0. The maximum Gasteiger partial charge on any atom is 0.411 e. The van der Waals surface area contributed by atoms with Crippen molar-refractivity contribution in [3.05, 3.63) is 35.4 Å². The van der Waals surface area contributed by atoms with Crippen molar-refractivity contribution < 1.29 is 23.0 Å². The molecule has 0 bridgehead atoms. The molecule has 0 amide bonds. The maximum absolute atomic E-state index is 12.2. The Hall–Kier alpha value is -1.80. The second-order valence-corrected chi connectivity index (χ2v) is 6.32. The number of rotatable bonds is 6. The van der Waals surface area contributed by atoms with Gasteiger partial charge < -0.3 is 20.1 Å². The molecule has 1 heterocycles. The molecular weight excluding hydrogens is 347 g/mol. The molecule has 0 aromatic heterocycles. The van der Waals surface area contributed by atoms with Crippen LogP contribution in [0.15, 0.2) is 29.3 Å². The Morgan fingerprint density at radius 2 is 2.00 bits per heavy atom. The Kier molecular flexibility index (Phi) is 7.71. The van der Waals surface area contributed by atoms with Gasteiger partial charge in [-0.15, -0.1) is 0 Å². The normalized spacial score (nSPS) is 16.8. The van der Waals surface area contributed by atoms with E-state index in [0.717, 1.165) is 44.0 Å². The number of piperidine rings is 1. The molecule has 0 spiro atoms. The number of nitrogens with zero attached hydrogens (tertiary/aromatic N) is 2. The number of aliphatic hydroxyl groups excluding tert-OH is 1. The van der Waals surface area contributed by atoms with Crippen LogP contribution in [-0.4, -0.2) is 54.5 Å². The number of hydrogen-bond acceptors (Lipinski definition) is 3. The van der Waals surface area contributed by atoms with Crippen molar-refractivity contribution in [2.24, 2.45) is 4.99 Å². The van der Waals surface area contributed by atoms with Gasteiger partial charge in [0.2, 0.25) is 0 Å². The van der Waals surface area contributed by atoms with Crippen molar-refractivity contribution in [2.45, 2.75) is 45.2 Å². The Balaban J connectivity index is 1.94. The van der Waals surface area contributed by atoms with E-state index in [9.17, 15) is 18.3 Å².